The molecule has 0 spiro atoms. The Hall–Kier alpha value is -2.34. The summed E-state index contributed by atoms with van der Waals surface area (Å²) in [7, 11) is 0. The number of aryl methyl sites for hydroxylation is 2. The van der Waals surface area contributed by atoms with E-state index in [1.165, 1.54) is 0 Å². The molecule has 7 heteroatoms. The van der Waals surface area contributed by atoms with Crippen molar-refractivity contribution in [1.29, 1.82) is 0 Å². The number of piperidine rings is 1. The Morgan fingerprint density at radius 1 is 1.35 bits per heavy atom. The highest BCUT2D eigenvalue weighted by molar-refractivity contribution is 6.31. The summed E-state index contributed by atoms with van der Waals surface area (Å²) in [6.45, 7) is 5.09. The summed E-state index contributed by atoms with van der Waals surface area (Å²) in [5.41, 5.74) is 2.86. The van der Waals surface area contributed by atoms with E-state index in [2.05, 4.69) is 10.1 Å². The summed E-state index contributed by atoms with van der Waals surface area (Å²) >= 11 is 6.02. The van der Waals surface area contributed by atoms with Crippen LogP contribution in [0, 0.1) is 6.92 Å². The van der Waals surface area contributed by atoms with Gasteiger partial charge in [-0.15, -0.1) is 0 Å². The van der Waals surface area contributed by atoms with Gasteiger partial charge in [0, 0.05) is 24.0 Å². The molecule has 1 aromatic carbocycles. The van der Waals surface area contributed by atoms with Gasteiger partial charge >= 0.3 is 0 Å². The van der Waals surface area contributed by atoms with Crippen molar-refractivity contribution in [1.82, 2.24) is 15.0 Å². The number of nitrogens with zero attached hydrogens (tertiary/aromatic N) is 3. The normalized spacial score (nSPS) is 15.7. The van der Waals surface area contributed by atoms with Crippen LogP contribution in [0.2, 0.25) is 5.02 Å². The Balaban J connectivity index is 1.48. The van der Waals surface area contributed by atoms with Gasteiger partial charge in [-0.3, -0.25) is 4.79 Å². The van der Waals surface area contributed by atoms with Crippen LogP contribution < -0.4 is 0 Å². The van der Waals surface area contributed by atoms with Crippen LogP contribution in [0.25, 0.3) is 11.1 Å². The molecule has 6 nitrogen and oxygen atoms in total. The molecule has 0 atom stereocenters. The lowest BCUT2D eigenvalue weighted by Gasteiger charge is -2.30. The van der Waals surface area contributed by atoms with Crippen LogP contribution in [-0.2, 0) is 6.42 Å². The molecular weight excluding hydrogens is 354 g/mol. The van der Waals surface area contributed by atoms with Crippen molar-refractivity contribution in [3.05, 3.63) is 46.1 Å². The lowest BCUT2D eigenvalue weighted by Crippen LogP contribution is -2.38. The minimum Gasteiger partial charge on any atom is -0.440 e. The zero-order valence-corrected chi connectivity index (χ0v) is 15.5. The van der Waals surface area contributed by atoms with Crippen molar-refractivity contribution < 1.29 is 13.7 Å². The topological polar surface area (TPSA) is 72.4 Å². The first-order chi connectivity index (χ1) is 12.6. The molecule has 0 radical (unpaired) electrons. The molecule has 0 aliphatic carbocycles. The van der Waals surface area contributed by atoms with Gasteiger partial charge in [-0.2, -0.15) is 0 Å². The van der Waals surface area contributed by atoms with Gasteiger partial charge in [-0.1, -0.05) is 23.7 Å². The largest absolute Gasteiger partial charge is 0.440 e. The quantitative estimate of drug-likeness (QED) is 0.682. The van der Waals surface area contributed by atoms with Gasteiger partial charge in [0.2, 0.25) is 0 Å². The number of hydrogen-bond donors (Lipinski definition) is 0. The number of halogens is 1. The smallest absolute Gasteiger partial charge is 0.259 e. The van der Waals surface area contributed by atoms with Gasteiger partial charge in [0.25, 0.3) is 5.91 Å². The molecule has 2 aromatic heterocycles. The molecule has 1 saturated heterocycles. The fourth-order valence-corrected chi connectivity index (χ4v) is 3.68. The molecule has 1 aliphatic heterocycles. The summed E-state index contributed by atoms with van der Waals surface area (Å²) in [5, 5.41) is 4.63. The Morgan fingerprint density at radius 2 is 2.12 bits per heavy atom. The van der Waals surface area contributed by atoms with E-state index in [1.807, 2.05) is 24.0 Å². The molecule has 3 heterocycles. The second-order valence-corrected chi connectivity index (χ2v) is 7.08. The van der Waals surface area contributed by atoms with Crippen LogP contribution in [0.15, 0.2) is 27.1 Å². The summed E-state index contributed by atoms with van der Waals surface area (Å²) in [6, 6.07) is 5.45. The number of amides is 1. The van der Waals surface area contributed by atoms with E-state index in [4.69, 9.17) is 20.5 Å². The van der Waals surface area contributed by atoms with Crippen LogP contribution in [0.1, 0.15) is 53.4 Å². The lowest BCUT2D eigenvalue weighted by atomic mass is 9.96. The molecule has 0 bridgehead atoms. The summed E-state index contributed by atoms with van der Waals surface area (Å²) in [4.78, 5) is 19.3. The number of oxazole rings is 1. The number of carbonyl (C=O) groups is 1. The van der Waals surface area contributed by atoms with E-state index >= 15 is 0 Å². The van der Waals surface area contributed by atoms with Crippen molar-refractivity contribution in [3.8, 4) is 0 Å². The molecule has 0 unspecified atom stereocenters. The second-order valence-electron chi connectivity index (χ2n) is 6.64. The molecule has 1 aliphatic rings. The number of carbonyl (C=O) groups excluding carboxylic acids is 1. The lowest BCUT2D eigenvalue weighted by molar-refractivity contribution is 0.0704. The third kappa shape index (κ3) is 2.98. The highest BCUT2D eigenvalue weighted by Gasteiger charge is 2.30. The number of hydrogen-bond acceptors (Lipinski definition) is 5. The number of rotatable bonds is 3. The van der Waals surface area contributed by atoms with Crippen LogP contribution in [0.3, 0.4) is 0 Å². The first kappa shape index (κ1) is 17.1. The molecule has 3 aromatic rings. The van der Waals surface area contributed by atoms with Crippen molar-refractivity contribution in [3.63, 3.8) is 0 Å². The molecule has 1 fully saturated rings. The maximum atomic E-state index is 12.9. The highest BCUT2D eigenvalue weighted by atomic mass is 35.5. The average molecular weight is 374 g/mol. The van der Waals surface area contributed by atoms with Gasteiger partial charge in [0.15, 0.2) is 11.5 Å². The first-order valence-corrected chi connectivity index (χ1v) is 9.25. The van der Waals surface area contributed by atoms with E-state index in [9.17, 15) is 4.79 Å². The number of benzene rings is 1. The van der Waals surface area contributed by atoms with E-state index in [1.54, 1.807) is 13.0 Å². The van der Waals surface area contributed by atoms with E-state index < -0.39 is 0 Å². The van der Waals surface area contributed by atoms with Crippen LogP contribution >= 0.6 is 11.6 Å². The molecule has 1 amide bonds. The summed E-state index contributed by atoms with van der Waals surface area (Å²) in [5.74, 6) is 1.53. The summed E-state index contributed by atoms with van der Waals surface area (Å²) < 4.78 is 11.1. The van der Waals surface area contributed by atoms with Gasteiger partial charge in [-0.05, 0) is 44.4 Å². The molecule has 136 valence electrons. The predicted octanol–water partition coefficient (Wildman–Crippen LogP) is 4.36. The minimum atomic E-state index is 0.00315. The monoisotopic (exact) mass is 373 g/mol. The maximum Gasteiger partial charge on any atom is 0.259 e. The SMILES string of the molecule is CCc1noc(C)c1C(=O)N1CCC(c2nc3cc(Cl)ccc3o2)CC1. The van der Waals surface area contributed by atoms with E-state index in [0.717, 1.165) is 35.5 Å². The van der Waals surface area contributed by atoms with Crippen molar-refractivity contribution in [2.75, 3.05) is 13.1 Å². The molecule has 0 saturated carbocycles. The predicted molar refractivity (Wildman–Crippen MR) is 97.5 cm³/mol. The van der Waals surface area contributed by atoms with Crippen LogP contribution in [0.4, 0.5) is 0 Å². The third-order valence-electron chi connectivity index (χ3n) is 4.98. The standard InChI is InChI=1S/C19H20ClN3O3/c1-3-14-17(11(2)26-22-14)19(24)23-8-6-12(7-9-23)18-21-15-10-13(20)4-5-16(15)25-18/h4-5,10,12H,3,6-9H2,1-2H3. The molecule has 26 heavy (non-hydrogen) atoms. The Bertz CT molecular complexity index is 954. The third-order valence-corrected chi connectivity index (χ3v) is 5.21. The molecule has 4 rings (SSSR count). The highest BCUT2D eigenvalue weighted by Crippen LogP contribution is 2.31. The number of likely N-dealkylation sites (tertiary alicyclic amines) is 1. The van der Waals surface area contributed by atoms with Gasteiger partial charge in [0.1, 0.15) is 16.8 Å². The van der Waals surface area contributed by atoms with Gasteiger partial charge in [-0.25, -0.2) is 4.98 Å². The Morgan fingerprint density at radius 3 is 2.85 bits per heavy atom. The number of fused-ring (bicyclic) bond motifs is 1. The van der Waals surface area contributed by atoms with E-state index in [0.29, 0.717) is 35.9 Å². The fourth-order valence-electron chi connectivity index (χ4n) is 3.51. The maximum absolute atomic E-state index is 12.9. The van der Waals surface area contributed by atoms with Gasteiger partial charge < -0.3 is 13.8 Å². The Kier molecular flexibility index (Phi) is 4.44. The minimum absolute atomic E-state index is 0.00315. The zero-order chi connectivity index (χ0) is 18.3. The Labute approximate surface area is 156 Å². The van der Waals surface area contributed by atoms with Crippen molar-refractivity contribution in [2.24, 2.45) is 0 Å². The molecular formula is C19H20ClN3O3. The second kappa shape index (κ2) is 6.76. The van der Waals surface area contributed by atoms with Crippen molar-refractivity contribution >= 4 is 28.6 Å². The van der Waals surface area contributed by atoms with E-state index in [-0.39, 0.29) is 11.8 Å². The summed E-state index contributed by atoms with van der Waals surface area (Å²) in [6.07, 6.45) is 2.32. The fraction of sp³-hybridized carbons (Fsp3) is 0.421. The first-order valence-electron chi connectivity index (χ1n) is 8.87. The van der Waals surface area contributed by atoms with Crippen molar-refractivity contribution in [2.45, 2.75) is 39.0 Å². The number of aromatic nitrogens is 2. The van der Waals surface area contributed by atoms with Crippen LogP contribution in [-0.4, -0.2) is 34.0 Å². The van der Waals surface area contributed by atoms with Gasteiger partial charge in [0.05, 0.1) is 5.69 Å². The zero-order valence-electron chi connectivity index (χ0n) is 14.8. The average Bonchev–Trinajstić information content (AvgIpc) is 3.24. The molecule has 0 N–H and O–H groups in total. The van der Waals surface area contributed by atoms with Crippen LogP contribution in [0.5, 0.6) is 0 Å².